The first-order chi connectivity index (χ1) is 17.3. The Bertz CT molecular complexity index is 1000. The minimum atomic E-state index is -1.09. The van der Waals surface area contributed by atoms with Crippen LogP contribution in [0.4, 0.5) is 5.69 Å². The van der Waals surface area contributed by atoms with Crippen LogP contribution in [0.15, 0.2) is 29.3 Å². The zero-order valence-electron chi connectivity index (χ0n) is 21.7. The predicted octanol–water partition coefficient (Wildman–Crippen LogP) is 1.98. The van der Waals surface area contributed by atoms with Gasteiger partial charge in [0.25, 0.3) is 5.91 Å². The van der Waals surface area contributed by atoms with E-state index in [-0.39, 0.29) is 17.7 Å². The van der Waals surface area contributed by atoms with Crippen molar-refractivity contribution in [2.75, 3.05) is 38.1 Å². The second-order valence-corrected chi connectivity index (χ2v) is 10.3. The Labute approximate surface area is 213 Å². The van der Waals surface area contributed by atoms with Crippen molar-refractivity contribution in [3.05, 3.63) is 29.8 Å². The lowest BCUT2D eigenvalue weighted by Crippen LogP contribution is -2.52. The van der Waals surface area contributed by atoms with Gasteiger partial charge in [0.1, 0.15) is 5.84 Å². The van der Waals surface area contributed by atoms with Crippen LogP contribution in [0, 0.1) is 11.8 Å². The van der Waals surface area contributed by atoms with Gasteiger partial charge >= 0.3 is 0 Å². The minimum absolute atomic E-state index is 0.0428. The van der Waals surface area contributed by atoms with Gasteiger partial charge in [0, 0.05) is 45.7 Å². The Morgan fingerprint density at radius 1 is 1.17 bits per heavy atom. The first-order valence-electron chi connectivity index (χ1n) is 13.2. The summed E-state index contributed by atoms with van der Waals surface area (Å²) >= 11 is 0. The zero-order valence-corrected chi connectivity index (χ0v) is 21.7. The molecule has 0 radical (unpaired) electrons. The quantitative estimate of drug-likeness (QED) is 0.571. The molecule has 3 aliphatic rings. The van der Waals surface area contributed by atoms with Crippen LogP contribution < -0.4 is 10.2 Å². The highest BCUT2D eigenvalue weighted by atomic mass is 16.3. The van der Waals surface area contributed by atoms with Crippen LogP contribution in [0.5, 0.6) is 0 Å². The van der Waals surface area contributed by atoms with E-state index in [1.165, 1.54) is 0 Å². The molecule has 36 heavy (non-hydrogen) atoms. The summed E-state index contributed by atoms with van der Waals surface area (Å²) in [6.45, 7) is 5.96. The fourth-order valence-corrected chi connectivity index (χ4v) is 5.09. The molecule has 1 saturated heterocycles. The number of hydrogen-bond acceptors (Lipinski definition) is 6. The van der Waals surface area contributed by atoms with E-state index < -0.39 is 18.2 Å². The summed E-state index contributed by atoms with van der Waals surface area (Å²) in [6.07, 6.45) is 3.35. The lowest BCUT2D eigenvalue weighted by Gasteiger charge is -2.36. The number of piperazine rings is 1. The molecule has 0 spiro atoms. The topological polar surface area (TPSA) is 106 Å². The van der Waals surface area contributed by atoms with Crippen molar-refractivity contribution in [3.8, 4) is 0 Å². The van der Waals surface area contributed by atoms with Crippen molar-refractivity contribution in [1.29, 1.82) is 0 Å². The van der Waals surface area contributed by atoms with Crippen LogP contribution in [0.3, 0.4) is 0 Å². The third-order valence-electron chi connectivity index (χ3n) is 7.56. The maximum Gasteiger partial charge on any atom is 0.272 e. The van der Waals surface area contributed by atoms with Crippen LogP contribution >= 0.6 is 0 Å². The number of carbonyl (C=O) groups is 3. The number of nitrogens with zero attached hydrogens (tertiary/aromatic N) is 4. The number of amides is 3. The normalized spacial score (nSPS) is 21.9. The Morgan fingerprint density at radius 2 is 1.86 bits per heavy atom. The number of aliphatic hydroxyl groups is 1. The van der Waals surface area contributed by atoms with Crippen molar-refractivity contribution >= 4 is 29.2 Å². The molecule has 3 atom stereocenters. The number of carbonyl (C=O) groups excluding carboxylic acids is 3. The molecule has 0 aromatic heterocycles. The smallest absolute Gasteiger partial charge is 0.272 e. The summed E-state index contributed by atoms with van der Waals surface area (Å²) in [4.78, 5) is 49.0. The molecule has 9 heteroatoms. The minimum Gasteiger partial charge on any atom is -0.392 e. The number of amidine groups is 1. The van der Waals surface area contributed by atoms with Gasteiger partial charge < -0.3 is 25.1 Å². The summed E-state index contributed by atoms with van der Waals surface area (Å²) in [5.74, 6) is -0.0339. The largest absolute Gasteiger partial charge is 0.392 e. The molecule has 1 saturated carbocycles. The highest BCUT2D eigenvalue weighted by Crippen LogP contribution is 2.37. The molecular formula is C27H39N5O4. The van der Waals surface area contributed by atoms with Gasteiger partial charge in [0.2, 0.25) is 18.0 Å². The molecule has 196 valence electrons. The van der Waals surface area contributed by atoms with Gasteiger partial charge in [0.15, 0.2) is 0 Å². The number of para-hydroxylation sites is 1. The number of aliphatic hydroxyl groups excluding tert-OH is 1. The number of anilines is 1. The van der Waals surface area contributed by atoms with E-state index in [2.05, 4.69) is 17.1 Å². The van der Waals surface area contributed by atoms with E-state index in [9.17, 15) is 19.5 Å². The second kappa shape index (κ2) is 11.4. The van der Waals surface area contributed by atoms with E-state index in [1.807, 2.05) is 24.3 Å². The highest BCUT2D eigenvalue weighted by Gasteiger charge is 2.38. The summed E-state index contributed by atoms with van der Waals surface area (Å²) in [7, 11) is 1.70. The number of unbranched alkanes of at least 4 members (excludes halogenated alkanes) is 1. The number of hydrogen-bond donors (Lipinski definition) is 2. The molecule has 2 aliphatic heterocycles. The van der Waals surface area contributed by atoms with Gasteiger partial charge in [-0.3, -0.25) is 14.4 Å². The number of fused-ring (bicyclic) bond motifs is 1. The monoisotopic (exact) mass is 497 g/mol. The molecule has 4 rings (SSSR count). The molecule has 2 heterocycles. The zero-order chi connectivity index (χ0) is 25.8. The fourth-order valence-electron chi connectivity index (χ4n) is 5.09. The molecule has 1 aromatic carbocycles. The van der Waals surface area contributed by atoms with E-state index in [0.29, 0.717) is 50.8 Å². The van der Waals surface area contributed by atoms with Gasteiger partial charge in [-0.2, -0.15) is 0 Å². The summed E-state index contributed by atoms with van der Waals surface area (Å²) < 4.78 is 0. The van der Waals surface area contributed by atoms with Crippen molar-refractivity contribution in [1.82, 2.24) is 15.1 Å². The molecule has 2 N–H and O–H groups in total. The van der Waals surface area contributed by atoms with Crippen molar-refractivity contribution < 1.29 is 19.5 Å². The number of benzene rings is 1. The van der Waals surface area contributed by atoms with E-state index in [0.717, 1.165) is 36.9 Å². The lowest BCUT2D eigenvalue weighted by molar-refractivity contribution is -0.133. The predicted molar refractivity (Wildman–Crippen MR) is 139 cm³/mol. The first-order valence-corrected chi connectivity index (χ1v) is 13.2. The molecular weight excluding hydrogens is 458 g/mol. The molecule has 9 nitrogen and oxygen atoms in total. The number of benzodiazepines with no additional fused rings is 1. The molecule has 1 aromatic rings. The number of nitrogens with one attached hydrogen (secondary N) is 1. The van der Waals surface area contributed by atoms with Gasteiger partial charge in [0.05, 0.1) is 17.7 Å². The SMILES string of the molecule is CCCC[C@H](O)[C@@H](CC1CC1)C(=O)N[C@@H]1N=C(N2CCN(C(C)=O)CC2)c2ccccc2N(C)C1=O. The maximum atomic E-state index is 13.5. The Kier molecular flexibility index (Phi) is 8.28. The van der Waals surface area contributed by atoms with E-state index in [1.54, 1.807) is 23.8 Å². The van der Waals surface area contributed by atoms with Crippen LogP contribution in [0.1, 0.15) is 57.9 Å². The van der Waals surface area contributed by atoms with Crippen molar-refractivity contribution in [2.45, 2.75) is 64.6 Å². The van der Waals surface area contributed by atoms with Crippen molar-refractivity contribution in [2.24, 2.45) is 16.8 Å². The number of rotatable bonds is 8. The van der Waals surface area contributed by atoms with Gasteiger partial charge in [-0.1, -0.05) is 44.7 Å². The summed E-state index contributed by atoms with van der Waals surface area (Å²) in [6, 6.07) is 7.60. The lowest BCUT2D eigenvalue weighted by atomic mass is 9.91. The van der Waals surface area contributed by atoms with E-state index in [4.69, 9.17) is 4.99 Å². The Morgan fingerprint density at radius 3 is 2.50 bits per heavy atom. The Hall–Kier alpha value is -2.94. The number of aliphatic imine (C=N–C) groups is 1. The average Bonchev–Trinajstić information content (AvgIpc) is 3.72. The highest BCUT2D eigenvalue weighted by molar-refractivity contribution is 6.12. The summed E-state index contributed by atoms with van der Waals surface area (Å²) in [5, 5.41) is 13.7. The van der Waals surface area contributed by atoms with Crippen LogP contribution in [-0.4, -0.2) is 84.0 Å². The molecule has 0 unspecified atom stereocenters. The number of likely N-dealkylation sites (N-methyl/N-ethyl adjacent to an activating group) is 1. The molecule has 3 amide bonds. The third-order valence-corrected chi connectivity index (χ3v) is 7.56. The van der Waals surface area contributed by atoms with Crippen LogP contribution in [0.2, 0.25) is 0 Å². The van der Waals surface area contributed by atoms with Crippen molar-refractivity contribution in [3.63, 3.8) is 0 Å². The first kappa shape index (κ1) is 26.1. The van der Waals surface area contributed by atoms with Gasteiger partial charge in [-0.15, -0.1) is 0 Å². The molecule has 0 bridgehead atoms. The van der Waals surface area contributed by atoms with Crippen LogP contribution in [0.25, 0.3) is 0 Å². The maximum absolute atomic E-state index is 13.5. The van der Waals surface area contributed by atoms with E-state index >= 15 is 0 Å². The standard InChI is InChI=1S/C27H39N5O4/c1-4-5-10-23(34)21(17-19-11-12-19)26(35)29-24-27(36)30(3)22-9-7-6-8-20(22)25(28-24)32-15-13-31(14-16-32)18(2)33/h6-9,19,21,23-24,34H,4-5,10-17H2,1-3H3,(H,29,35)/t21-,23+,24+/m1/s1. The second-order valence-electron chi connectivity index (χ2n) is 10.3. The summed E-state index contributed by atoms with van der Waals surface area (Å²) in [5.41, 5.74) is 1.54. The third kappa shape index (κ3) is 5.88. The molecule has 1 aliphatic carbocycles. The Balaban J connectivity index is 1.60. The fraction of sp³-hybridized carbons (Fsp3) is 0.630. The van der Waals surface area contributed by atoms with Crippen LogP contribution in [-0.2, 0) is 14.4 Å². The average molecular weight is 498 g/mol. The van der Waals surface area contributed by atoms with Gasteiger partial charge in [-0.05, 0) is 30.9 Å². The molecule has 2 fully saturated rings. The van der Waals surface area contributed by atoms with Gasteiger partial charge in [-0.25, -0.2) is 4.99 Å².